The summed E-state index contributed by atoms with van der Waals surface area (Å²) in [6.45, 7) is 4.48. The van der Waals surface area contributed by atoms with Crippen molar-refractivity contribution < 1.29 is 13.2 Å². The maximum atomic E-state index is 12.8. The minimum atomic E-state index is -3.81. The zero-order chi connectivity index (χ0) is 19.9. The maximum Gasteiger partial charge on any atom is 0.262 e. The smallest absolute Gasteiger partial charge is 0.262 e. The first-order chi connectivity index (χ1) is 12.9. The van der Waals surface area contributed by atoms with Crippen molar-refractivity contribution in [3.8, 4) is 0 Å². The van der Waals surface area contributed by atoms with Gasteiger partial charge in [0, 0.05) is 24.3 Å². The molecule has 2 aromatic rings. The monoisotopic (exact) mass is 389 g/mol. The van der Waals surface area contributed by atoms with Gasteiger partial charge in [0.05, 0.1) is 4.90 Å². The third kappa shape index (κ3) is 5.80. The molecule has 0 aliphatic rings. The molecule has 1 amide bonds. The Morgan fingerprint density at radius 1 is 1.11 bits per heavy atom. The summed E-state index contributed by atoms with van der Waals surface area (Å²) in [4.78, 5) is 12.2. The lowest BCUT2D eigenvalue weighted by molar-refractivity contribution is 0.0954. The summed E-state index contributed by atoms with van der Waals surface area (Å²) in [6.07, 6.45) is 3.19. The van der Waals surface area contributed by atoms with Gasteiger partial charge in [0.2, 0.25) is 0 Å². The van der Waals surface area contributed by atoms with E-state index in [0.717, 1.165) is 19.3 Å². The Bertz CT molecular complexity index is 878. The summed E-state index contributed by atoms with van der Waals surface area (Å²) in [6, 6.07) is 12.0. The number of anilines is 1. The highest BCUT2D eigenvalue weighted by Gasteiger charge is 2.19. The van der Waals surface area contributed by atoms with E-state index in [1.807, 2.05) is 12.1 Å². The normalized spacial score (nSPS) is 11.2. The zero-order valence-electron chi connectivity index (χ0n) is 15.8. The van der Waals surface area contributed by atoms with Crippen LogP contribution in [0.2, 0.25) is 0 Å². The number of benzene rings is 2. The predicted molar refractivity (Wildman–Crippen MR) is 108 cm³/mol. The van der Waals surface area contributed by atoms with Gasteiger partial charge in [-0.2, -0.15) is 0 Å². The minimum absolute atomic E-state index is 0.0814. The molecular formula is C20H27N3O3S. The van der Waals surface area contributed by atoms with Crippen LogP contribution in [0.4, 0.5) is 5.69 Å². The van der Waals surface area contributed by atoms with Gasteiger partial charge >= 0.3 is 0 Å². The van der Waals surface area contributed by atoms with Crippen LogP contribution in [0, 0.1) is 6.92 Å². The highest BCUT2D eigenvalue weighted by Crippen LogP contribution is 2.21. The molecule has 7 heteroatoms. The lowest BCUT2D eigenvalue weighted by atomic mass is 10.1. The summed E-state index contributed by atoms with van der Waals surface area (Å²) in [7, 11) is -3.81. The second-order valence-corrected chi connectivity index (χ2v) is 8.08. The number of carbonyl (C=O) groups is 1. The summed E-state index contributed by atoms with van der Waals surface area (Å²) in [5.74, 6) is -0.350. The zero-order valence-corrected chi connectivity index (χ0v) is 16.6. The fraction of sp³-hybridized carbons (Fsp3) is 0.350. The Balaban J connectivity index is 2.21. The first-order valence-corrected chi connectivity index (χ1v) is 10.6. The molecule has 146 valence electrons. The largest absolute Gasteiger partial charge is 0.351 e. The van der Waals surface area contributed by atoms with E-state index in [0.29, 0.717) is 24.3 Å². The fourth-order valence-corrected chi connectivity index (χ4v) is 3.98. The Morgan fingerprint density at radius 2 is 1.81 bits per heavy atom. The predicted octanol–water partition coefficient (Wildman–Crippen LogP) is 2.83. The molecule has 6 nitrogen and oxygen atoms in total. The van der Waals surface area contributed by atoms with Gasteiger partial charge in [0.15, 0.2) is 0 Å². The Kier molecular flexibility index (Phi) is 7.38. The van der Waals surface area contributed by atoms with E-state index in [1.54, 1.807) is 31.2 Å². The molecular weight excluding hydrogens is 362 g/mol. The van der Waals surface area contributed by atoms with Gasteiger partial charge in [-0.3, -0.25) is 9.52 Å². The quantitative estimate of drug-likeness (QED) is 0.614. The lowest BCUT2D eigenvalue weighted by Gasteiger charge is -2.12. The van der Waals surface area contributed by atoms with E-state index in [1.165, 1.54) is 11.6 Å². The summed E-state index contributed by atoms with van der Waals surface area (Å²) in [5.41, 5.74) is 7.90. The molecule has 0 bridgehead atoms. The number of nitrogens with one attached hydrogen (secondary N) is 2. The van der Waals surface area contributed by atoms with Crippen molar-refractivity contribution in [3.63, 3.8) is 0 Å². The van der Waals surface area contributed by atoms with Gasteiger partial charge in [-0.1, -0.05) is 31.5 Å². The van der Waals surface area contributed by atoms with Gasteiger partial charge in [0.1, 0.15) is 0 Å². The molecule has 0 spiro atoms. The van der Waals surface area contributed by atoms with Crippen LogP contribution in [0.1, 0.15) is 41.3 Å². The molecule has 0 aromatic heterocycles. The number of hydrogen-bond acceptors (Lipinski definition) is 4. The molecule has 0 radical (unpaired) electrons. The van der Waals surface area contributed by atoms with Crippen LogP contribution in [0.3, 0.4) is 0 Å². The first kappa shape index (κ1) is 20.9. The number of rotatable bonds is 9. The Morgan fingerprint density at radius 3 is 2.44 bits per heavy atom. The molecule has 0 atom stereocenters. The summed E-state index contributed by atoms with van der Waals surface area (Å²) >= 11 is 0. The molecule has 2 rings (SSSR count). The number of amides is 1. The van der Waals surface area contributed by atoms with Gasteiger partial charge < -0.3 is 11.1 Å². The third-order valence-electron chi connectivity index (χ3n) is 4.19. The van der Waals surface area contributed by atoms with Gasteiger partial charge in [-0.15, -0.1) is 0 Å². The summed E-state index contributed by atoms with van der Waals surface area (Å²) in [5, 5.41) is 2.64. The van der Waals surface area contributed by atoms with Crippen LogP contribution in [0.15, 0.2) is 47.4 Å². The Labute approximate surface area is 161 Å². The van der Waals surface area contributed by atoms with E-state index < -0.39 is 10.0 Å². The second-order valence-electron chi connectivity index (χ2n) is 6.43. The van der Waals surface area contributed by atoms with Crippen molar-refractivity contribution >= 4 is 21.6 Å². The van der Waals surface area contributed by atoms with Crippen LogP contribution in [0.25, 0.3) is 0 Å². The van der Waals surface area contributed by atoms with Crippen LogP contribution in [-0.4, -0.2) is 27.4 Å². The standard InChI is InChI=1S/C20H27N3O3S/c1-3-4-5-16-7-10-18(11-8-16)23-27(25,26)19-14-17(9-6-15(19)2)20(24)22-13-12-21/h6-11,14,23H,3-5,12-13,21H2,1-2H3,(H,22,24). The SMILES string of the molecule is CCCCc1ccc(NS(=O)(=O)c2cc(C(=O)NCCN)ccc2C)cc1. The molecule has 0 unspecified atom stereocenters. The number of nitrogens with two attached hydrogens (primary N) is 1. The molecule has 0 fully saturated rings. The molecule has 27 heavy (non-hydrogen) atoms. The summed E-state index contributed by atoms with van der Waals surface area (Å²) < 4.78 is 28.2. The van der Waals surface area contributed by atoms with Crippen molar-refractivity contribution in [3.05, 3.63) is 59.2 Å². The third-order valence-corrected chi connectivity index (χ3v) is 5.72. The van der Waals surface area contributed by atoms with E-state index in [4.69, 9.17) is 5.73 Å². The molecule has 0 saturated carbocycles. The van der Waals surface area contributed by atoms with E-state index >= 15 is 0 Å². The van der Waals surface area contributed by atoms with Crippen LogP contribution >= 0.6 is 0 Å². The van der Waals surface area contributed by atoms with Crippen molar-refractivity contribution in [2.45, 2.75) is 38.0 Å². The topological polar surface area (TPSA) is 101 Å². The number of aryl methyl sites for hydroxylation is 2. The molecule has 2 aromatic carbocycles. The van der Waals surface area contributed by atoms with Crippen molar-refractivity contribution in [2.75, 3.05) is 17.8 Å². The van der Waals surface area contributed by atoms with E-state index in [9.17, 15) is 13.2 Å². The molecule has 0 heterocycles. The molecule has 0 saturated heterocycles. The maximum absolute atomic E-state index is 12.8. The van der Waals surface area contributed by atoms with E-state index in [2.05, 4.69) is 17.0 Å². The lowest BCUT2D eigenvalue weighted by Crippen LogP contribution is -2.29. The van der Waals surface area contributed by atoms with Crippen molar-refractivity contribution in [1.82, 2.24) is 5.32 Å². The molecule has 0 aliphatic carbocycles. The highest BCUT2D eigenvalue weighted by molar-refractivity contribution is 7.92. The van der Waals surface area contributed by atoms with Crippen LogP contribution in [0.5, 0.6) is 0 Å². The fourth-order valence-electron chi connectivity index (χ4n) is 2.65. The molecule has 4 N–H and O–H groups in total. The highest BCUT2D eigenvalue weighted by atomic mass is 32.2. The average molecular weight is 390 g/mol. The van der Waals surface area contributed by atoms with E-state index in [-0.39, 0.29) is 16.4 Å². The van der Waals surface area contributed by atoms with Crippen molar-refractivity contribution in [2.24, 2.45) is 5.73 Å². The average Bonchev–Trinajstić information content (AvgIpc) is 2.65. The second kappa shape index (κ2) is 9.53. The van der Waals surface area contributed by atoms with Gasteiger partial charge in [-0.05, 0) is 55.2 Å². The number of unbranched alkanes of at least 4 members (excludes halogenated alkanes) is 1. The number of sulfonamides is 1. The minimum Gasteiger partial charge on any atom is -0.351 e. The van der Waals surface area contributed by atoms with Crippen LogP contribution in [-0.2, 0) is 16.4 Å². The number of carbonyl (C=O) groups excluding carboxylic acids is 1. The molecule has 0 aliphatic heterocycles. The van der Waals surface area contributed by atoms with Gasteiger partial charge in [-0.25, -0.2) is 8.42 Å². The van der Waals surface area contributed by atoms with Gasteiger partial charge in [0.25, 0.3) is 15.9 Å². The first-order valence-electron chi connectivity index (χ1n) is 9.08. The number of hydrogen-bond donors (Lipinski definition) is 3. The van der Waals surface area contributed by atoms with Crippen molar-refractivity contribution in [1.29, 1.82) is 0 Å². The Hall–Kier alpha value is -2.38. The van der Waals surface area contributed by atoms with Crippen LogP contribution < -0.4 is 15.8 Å².